The van der Waals surface area contributed by atoms with Crippen LogP contribution in [-0.2, 0) is 9.53 Å². The fraction of sp³-hybridized carbons (Fsp3) is 0.357. The van der Waals surface area contributed by atoms with Crippen molar-refractivity contribution in [2.75, 3.05) is 27.4 Å². The maximum Gasteiger partial charge on any atom is 0.243 e. The van der Waals surface area contributed by atoms with Crippen molar-refractivity contribution in [3.05, 3.63) is 77.9 Å². The molecule has 0 saturated carbocycles. The van der Waals surface area contributed by atoms with Gasteiger partial charge in [0.15, 0.2) is 5.41 Å². The number of hydrogen-bond acceptors (Lipinski definition) is 4. The highest BCUT2D eigenvalue weighted by Gasteiger charge is 2.49. The summed E-state index contributed by atoms with van der Waals surface area (Å²) in [6.07, 6.45) is 0. The van der Waals surface area contributed by atoms with Gasteiger partial charge in [-0.3, -0.25) is 4.79 Å². The topological polar surface area (TPSA) is 71.3 Å². The highest BCUT2D eigenvalue weighted by atomic mass is 16.5. The molecule has 172 valence electrons. The van der Waals surface area contributed by atoms with Crippen molar-refractivity contribution < 1.29 is 14.3 Å². The first-order chi connectivity index (χ1) is 15.8. The van der Waals surface area contributed by atoms with Crippen molar-refractivity contribution in [1.29, 1.82) is 5.26 Å². The first kappa shape index (κ1) is 24.3. The summed E-state index contributed by atoms with van der Waals surface area (Å²) in [6.45, 7) is 6.50. The van der Waals surface area contributed by atoms with E-state index in [1.165, 1.54) is 7.11 Å². The molecule has 0 aliphatic rings. The Morgan fingerprint density at radius 3 is 2.27 bits per heavy atom. The molecule has 33 heavy (non-hydrogen) atoms. The van der Waals surface area contributed by atoms with Crippen LogP contribution in [0, 0.1) is 22.2 Å². The third-order valence-corrected chi connectivity index (χ3v) is 5.83. The quantitative estimate of drug-likeness (QED) is 0.512. The molecule has 0 bridgehead atoms. The van der Waals surface area contributed by atoms with Gasteiger partial charge in [-0.2, -0.15) is 5.26 Å². The summed E-state index contributed by atoms with van der Waals surface area (Å²) in [6, 6.07) is 23.9. The number of carbonyl (C=O) groups is 1. The van der Waals surface area contributed by atoms with Crippen molar-refractivity contribution in [2.24, 2.45) is 10.8 Å². The van der Waals surface area contributed by atoms with Gasteiger partial charge in [0.05, 0.1) is 19.8 Å². The minimum atomic E-state index is -1.52. The summed E-state index contributed by atoms with van der Waals surface area (Å²) in [7, 11) is 3.12. The molecule has 1 amide bonds. The van der Waals surface area contributed by atoms with Crippen LogP contribution in [-0.4, -0.2) is 33.3 Å². The molecule has 0 saturated heterocycles. The Morgan fingerprint density at radius 1 is 0.970 bits per heavy atom. The highest BCUT2D eigenvalue weighted by molar-refractivity contribution is 5.92. The molecule has 5 heteroatoms. The van der Waals surface area contributed by atoms with Gasteiger partial charge in [0.1, 0.15) is 5.75 Å². The van der Waals surface area contributed by atoms with E-state index in [0.717, 1.165) is 21.9 Å². The van der Waals surface area contributed by atoms with E-state index in [9.17, 15) is 10.1 Å². The van der Waals surface area contributed by atoms with Gasteiger partial charge in [0.25, 0.3) is 0 Å². The molecule has 3 aromatic carbocycles. The minimum Gasteiger partial charge on any atom is -0.496 e. The third kappa shape index (κ3) is 5.02. The maximum atomic E-state index is 13.8. The number of benzene rings is 3. The number of carbonyl (C=O) groups excluding carboxylic acids is 1. The largest absolute Gasteiger partial charge is 0.496 e. The van der Waals surface area contributed by atoms with Crippen LogP contribution in [0.25, 0.3) is 10.8 Å². The zero-order valence-corrected chi connectivity index (χ0v) is 20.0. The Balaban J connectivity index is 2.32. The van der Waals surface area contributed by atoms with Crippen molar-refractivity contribution in [3.63, 3.8) is 0 Å². The van der Waals surface area contributed by atoms with E-state index in [-0.39, 0.29) is 17.9 Å². The summed E-state index contributed by atoms with van der Waals surface area (Å²) < 4.78 is 11.2. The van der Waals surface area contributed by atoms with Crippen molar-refractivity contribution in [1.82, 2.24) is 5.32 Å². The lowest BCUT2D eigenvalue weighted by Crippen LogP contribution is -2.49. The van der Waals surface area contributed by atoms with Gasteiger partial charge in [-0.25, -0.2) is 0 Å². The van der Waals surface area contributed by atoms with Gasteiger partial charge in [-0.05, 0) is 27.8 Å². The first-order valence-electron chi connectivity index (χ1n) is 11.1. The number of rotatable bonds is 8. The third-order valence-electron chi connectivity index (χ3n) is 5.83. The summed E-state index contributed by atoms with van der Waals surface area (Å²) >= 11 is 0. The standard InChI is InChI=1S/C28H32N2O3/c1-27(2,3)18-30-26(31)28(17-29,19-32-4)25(23-14-8-9-16-24(23)33-5)22-15-10-12-20-11-6-7-13-21(20)22/h6-16,25H,18-19H2,1-5H3,(H,30,31)/t25-,28+/m1/s1. The van der Waals surface area contributed by atoms with Crippen LogP contribution in [0.1, 0.15) is 37.8 Å². The van der Waals surface area contributed by atoms with Crippen molar-refractivity contribution >= 4 is 16.7 Å². The van der Waals surface area contributed by atoms with E-state index in [0.29, 0.717) is 12.3 Å². The number of nitriles is 1. The minimum absolute atomic E-state index is 0.0641. The van der Waals surface area contributed by atoms with Gasteiger partial charge in [0.2, 0.25) is 5.91 Å². The van der Waals surface area contributed by atoms with E-state index in [4.69, 9.17) is 9.47 Å². The molecular weight excluding hydrogens is 412 g/mol. The Hall–Kier alpha value is -3.36. The van der Waals surface area contributed by atoms with Crippen LogP contribution < -0.4 is 10.1 Å². The normalized spacial score (nSPS) is 14.2. The predicted octanol–water partition coefficient (Wildman–Crippen LogP) is 5.30. The molecule has 0 aliphatic carbocycles. The zero-order chi connectivity index (χ0) is 24.1. The maximum absolute atomic E-state index is 13.8. The smallest absolute Gasteiger partial charge is 0.243 e. The molecular formula is C28H32N2O3. The van der Waals surface area contributed by atoms with E-state index >= 15 is 0 Å². The molecule has 3 aromatic rings. The summed E-state index contributed by atoms with van der Waals surface area (Å²) in [5.41, 5.74) is -0.00909. The summed E-state index contributed by atoms with van der Waals surface area (Å²) in [5, 5.41) is 15.6. The number of ether oxygens (including phenoxy) is 2. The molecule has 2 atom stereocenters. The average molecular weight is 445 g/mol. The second-order valence-electron chi connectivity index (χ2n) is 9.50. The van der Waals surface area contributed by atoms with Gasteiger partial charge >= 0.3 is 0 Å². The van der Waals surface area contributed by atoms with E-state index in [2.05, 4.69) is 11.4 Å². The monoisotopic (exact) mass is 444 g/mol. The molecule has 0 unspecified atom stereocenters. The molecule has 0 heterocycles. The number of hydrogen-bond donors (Lipinski definition) is 1. The Kier molecular flexibility index (Phi) is 7.40. The molecule has 3 rings (SSSR count). The number of fused-ring (bicyclic) bond motifs is 1. The van der Waals surface area contributed by atoms with E-state index in [1.807, 2.05) is 87.5 Å². The number of methoxy groups -OCH3 is 2. The van der Waals surface area contributed by atoms with E-state index in [1.54, 1.807) is 7.11 Å². The molecule has 0 aliphatic heterocycles. The molecule has 0 radical (unpaired) electrons. The Labute approximate surface area is 196 Å². The number of amides is 1. The van der Waals surface area contributed by atoms with Crippen LogP contribution in [0.3, 0.4) is 0 Å². The van der Waals surface area contributed by atoms with Crippen LogP contribution in [0.5, 0.6) is 5.75 Å². The van der Waals surface area contributed by atoms with E-state index < -0.39 is 11.3 Å². The molecule has 0 aromatic heterocycles. The Morgan fingerprint density at radius 2 is 1.61 bits per heavy atom. The fourth-order valence-corrected chi connectivity index (χ4v) is 4.26. The van der Waals surface area contributed by atoms with Crippen LogP contribution in [0.2, 0.25) is 0 Å². The van der Waals surface area contributed by atoms with Gasteiger partial charge < -0.3 is 14.8 Å². The highest BCUT2D eigenvalue weighted by Crippen LogP contribution is 2.47. The van der Waals surface area contributed by atoms with Crippen LogP contribution >= 0.6 is 0 Å². The molecule has 0 spiro atoms. The summed E-state index contributed by atoms with van der Waals surface area (Å²) in [5.74, 6) is -0.356. The second kappa shape index (κ2) is 10.1. The lowest BCUT2D eigenvalue weighted by Gasteiger charge is -2.36. The predicted molar refractivity (Wildman–Crippen MR) is 131 cm³/mol. The average Bonchev–Trinajstić information content (AvgIpc) is 2.82. The first-order valence-corrected chi connectivity index (χ1v) is 11.1. The Bertz CT molecular complexity index is 1150. The lowest BCUT2D eigenvalue weighted by atomic mass is 9.68. The van der Waals surface area contributed by atoms with Gasteiger partial charge in [0, 0.05) is 25.1 Å². The molecule has 0 fully saturated rings. The van der Waals surface area contributed by atoms with Crippen LogP contribution in [0.15, 0.2) is 66.7 Å². The zero-order valence-electron chi connectivity index (χ0n) is 20.0. The van der Waals surface area contributed by atoms with Crippen LogP contribution in [0.4, 0.5) is 0 Å². The fourth-order valence-electron chi connectivity index (χ4n) is 4.26. The van der Waals surface area contributed by atoms with Crippen molar-refractivity contribution in [3.8, 4) is 11.8 Å². The number of nitrogens with zero attached hydrogens (tertiary/aromatic N) is 1. The molecule has 1 N–H and O–H groups in total. The van der Waals surface area contributed by atoms with Crippen molar-refractivity contribution in [2.45, 2.75) is 26.7 Å². The molecule has 5 nitrogen and oxygen atoms in total. The number of para-hydroxylation sites is 1. The summed E-state index contributed by atoms with van der Waals surface area (Å²) in [4.78, 5) is 13.8. The van der Waals surface area contributed by atoms with Gasteiger partial charge in [-0.1, -0.05) is 81.4 Å². The SMILES string of the molecule is COC[C@](C#N)(C(=O)NCC(C)(C)C)[C@@H](c1ccccc1OC)c1cccc2ccccc12. The van der Waals surface area contributed by atoms with Gasteiger partial charge in [-0.15, -0.1) is 0 Å². The lowest BCUT2D eigenvalue weighted by molar-refractivity contribution is -0.131. The number of nitrogens with one attached hydrogen (secondary N) is 1. The second-order valence-corrected chi connectivity index (χ2v) is 9.50.